The number of rotatable bonds is 6. The van der Waals surface area contributed by atoms with Crippen LogP contribution in [-0.2, 0) is 18.9 Å². The minimum absolute atomic E-state index is 0.0906. The molecule has 0 aromatic carbocycles. The molecule has 2 atom stereocenters. The van der Waals surface area contributed by atoms with Crippen LogP contribution >= 0.6 is 0 Å². The molecule has 1 aliphatic heterocycles. The van der Waals surface area contributed by atoms with E-state index >= 15 is 0 Å². The predicted octanol–water partition coefficient (Wildman–Crippen LogP) is 0.843. The van der Waals surface area contributed by atoms with E-state index in [1.807, 2.05) is 13.8 Å². The number of hydrogen-bond acceptors (Lipinski definition) is 4. The first kappa shape index (κ1) is 11.9. The molecule has 4 heteroatoms. The van der Waals surface area contributed by atoms with Crippen LogP contribution < -0.4 is 0 Å². The van der Waals surface area contributed by atoms with Crippen molar-refractivity contribution in [2.24, 2.45) is 0 Å². The normalized spacial score (nSPS) is 27.9. The van der Waals surface area contributed by atoms with Gasteiger partial charge in [0.1, 0.15) is 12.2 Å². The molecule has 0 aliphatic carbocycles. The summed E-state index contributed by atoms with van der Waals surface area (Å²) in [5, 5.41) is 0. The minimum atomic E-state index is 0.0906. The molecule has 0 bridgehead atoms. The van der Waals surface area contributed by atoms with E-state index in [0.717, 1.165) is 13.2 Å². The summed E-state index contributed by atoms with van der Waals surface area (Å²) in [6.45, 7) is 7.86. The Kier molecular flexibility index (Phi) is 6.10. The number of hydrogen-bond donors (Lipinski definition) is 0. The van der Waals surface area contributed by atoms with E-state index in [1.54, 1.807) is 0 Å². The first-order chi connectivity index (χ1) is 6.86. The summed E-state index contributed by atoms with van der Waals surface area (Å²) in [4.78, 5) is 0. The standard InChI is InChI=1S/C10H20O4/c1-3-11-5-9-7-14-10(8-13-9)6-12-4-2/h9-10H,3-8H2,1-2H3. The van der Waals surface area contributed by atoms with Gasteiger partial charge in [-0.25, -0.2) is 0 Å². The Morgan fingerprint density at radius 2 is 1.36 bits per heavy atom. The highest BCUT2D eigenvalue weighted by Gasteiger charge is 2.22. The summed E-state index contributed by atoms with van der Waals surface area (Å²) < 4.78 is 21.6. The van der Waals surface area contributed by atoms with Gasteiger partial charge in [0.05, 0.1) is 26.4 Å². The van der Waals surface area contributed by atoms with Crippen LogP contribution in [0.5, 0.6) is 0 Å². The lowest BCUT2D eigenvalue weighted by molar-refractivity contribution is -0.165. The van der Waals surface area contributed by atoms with Gasteiger partial charge < -0.3 is 18.9 Å². The summed E-state index contributed by atoms with van der Waals surface area (Å²) in [6.07, 6.45) is 0.181. The van der Waals surface area contributed by atoms with Crippen molar-refractivity contribution < 1.29 is 18.9 Å². The third-order valence-corrected chi connectivity index (χ3v) is 2.05. The summed E-state index contributed by atoms with van der Waals surface area (Å²) in [7, 11) is 0. The molecule has 1 saturated heterocycles. The molecule has 1 heterocycles. The zero-order valence-electron chi connectivity index (χ0n) is 9.03. The van der Waals surface area contributed by atoms with Crippen molar-refractivity contribution in [1.29, 1.82) is 0 Å². The molecule has 2 unspecified atom stereocenters. The second-order valence-electron chi connectivity index (χ2n) is 3.23. The second kappa shape index (κ2) is 7.17. The van der Waals surface area contributed by atoms with Gasteiger partial charge in [0.2, 0.25) is 0 Å². The fraction of sp³-hybridized carbons (Fsp3) is 1.00. The highest BCUT2D eigenvalue weighted by molar-refractivity contribution is 4.67. The van der Waals surface area contributed by atoms with Crippen LogP contribution in [0.2, 0.25) is 0 Å². The van der Waals surface area contributed by atoms with Gasteiger partial charge >= 0.3 is 0 Å². The topological polar surface area (TPSA) is 36.9 Å². The van der Waals surface area contributed by atoms with Crippen molar-refractivity contribution in [3.63, 3.8) is 0 Å². The predicted molar refractivity (Wildman–Crippen MR) is 52.5 cm³/mol. The Bertz CT molecular complexity index is 116. The Labute approximate surface area is 85.5 Å². The van der Waals surface area contributed by atoms with Crippen LogP contribution in [0.4, 0.5) is 0 Å². The minimum Gasteiger partial charge on any atom is -0.379 e. The van der Waals surface area contributed by atoms with Crippen LogP contribution in [0, 0.1) is 0 Å². The van der Waals surface area contributed by atoms with E-state index in [4.69, 9.17) is 18.9 Å². The molecule has 0 spiro atoms. The largest absolute Gasteiger partial charge is 0.379 e. The molecular weight excluding hydrogens is 184 g/mol. The van der Waals surface area contributed by atoms with Crippen LogP contribution in [0.1, 0.15) is 13.8 Å². The van der Waals surface area contributed by atoms with Gasteiger partial charge in [-0.2, -0.15) is 0 Å². The molecule has 0 aromatic rings. The molecule has 4 nitrogen and oxygen atoms in total. The van der Waals surface area contributed by atoms with Crippen molar-refractivity contribution in [1.82, 2.24) is 0 Å². The fourth-order valence-electron chi connectivity index (χ4n) is 1.27. The summed E-state index contributed by atoms with van der Waals surface area (Å²) in [5.74, 6) is 0. The average molecular weight is 204 g/mol. The molecule has 84 valence electrons. The van der Waals surface area contributed by atoms with Gasteiger partial charge in [0.15, 0.2) is 0 Å². The van der Waals surface area contributed by atoms with Crippen molar-refractivity contribution in [2.75, 3.05) is 39.6 Å². The quantitative estimate of drug-likeness (QED) is 0.642. The molecule has 1 fully saturated rings. The highest BCUT2D eigenvalue weighted by atomic mass is 16.6. The van der Waals surface area contributed by atoms with E-state index in [1.165, 1.54) is 0 Å². The zero-order chi connectivity index (χ0) is 10.2. The van der Waals surface area contributed by atoms with E-state index in [2.05, 4.69) is 0 Å². The van der Waals surface area contributed by atoms with Crippen molar-refractivity contribution in [3.05, 3.63) is 0 Å². The van der Waals surface area contributed by atoms with Crippen LogP contribution in [0.3, 0.4) is 0 Å². The van der Waals surface area contributed by atoms with Crippen LogP contribution in [0.15, 0.2) is 0 Å². The summed E-state index contributed by atoms with van der Waals surface area (Å²) in [5.41, 5.74) is 0. The lowest BCUT2D eigenvalue weighted by atomic mass is 10.3. The Morgan fingerprint density at radius 3 is 1.64 bits per heavy atom. The molecule has 0 N–H and O–H groups in total. The lowest BCUT2D eigenvalue weighted by Crippen LogP contribution is -2.40. The first-order valence-electron chi connectivity index (χ1n) is 5.25. The smallest absolute Gasteiger partial charge is 0.104 e. The lowest BCUT2D eigenvalue weighted by Gasteiger charge is -2.29. The summed E-state index contributed by atoms with van der Waals surface area (Å²) >= 11 is 0. The first-order valence-corrected chi connectivity index (χ1v) is 5.25. The second-order valence-corrected chi connectivity index (χ2v) is 3.23. The molecule has 14 heavy (non-hydrogen) atoms. The SMILES string of the molecule is CCOCC1COC(COCC)CO1. The van der Waals surface area contributed by atoms with E-state index in [0.29, 0.717) is 26.4 Å². The number of ether oxygens (including phenoxy) is 4. The monoisotopic (exact) mass is 204 g/mol. The van der Waals surface area contributed by atoms with Crippen molar-refractivity contribution in [2.45, 2.75) is 26.1 Å². The molecule has 1 rings (SSSR count). The molecule has 1 aliphatic rings. The Hall–Kier alpha value is -0.160. The maximum Gasteiger partial charge on any atom is 0.104 e. The van der Waals surface area contributed by atoms with Gasteiger partial charge in [-0.15, -0.1) is 0 Å². The Balaban J connectivity index is 2.05. The molecule has 0 aromatic heterocycles. The molecule has 0 saturated carbocycles. The van der Waals surface area contributed by atoms with E-state index < -0.39 is 0 Å². The third-order valence-electron chi connectivity index (χ3n) is 2.05. The summed E-state index contributed by atoms with van der Waals surface area (Å²) in [6, 6.07) is 0. The van der Waals surface area contributed by atoms with Gasteiger partial charge in [-0.1, -0.05) is 0 Å². The Morgan fingerprint density at radius 1 is 0.929 bits per heavy atom. The third kappa shape index (κ3) is 4.37. The average Bonchev–Trinajstić information content (AvgIpc) is 2.25. The van der Waals surface area contributed by atoms with Crippen molar-refractivity contribution in [3.8, 4) is 0 Å². The maximum absolute atomic E-state index is 5.56. The van der Waals surface area contributed by atoms with Crippen LogP contribution in [-0.4, -0.2) is 51.8 Å². The van der Waals surface area contributed by atoms with Gasteiger partial charge in [0, 0.05) is 13.2 Å². The van der Waals surface area contributed by atoms with Gasteiger partial charge in [-0.05, 0) is 13.8 Å². The van der Waals surface area contributed by atoms with Crippen molar-refractivity contribution >= 4 is 0 Å². The maximum atomic E-state index is 5.56. The highest BCUT2D eigenvalue weighted by Crippen LogP contribution is 2.08. The van der Waals surface area contributed by atoms with Gasteiger partial charge in [0.25, 0.3) is 0 Å². The molecule has 0 radical (unpaired) electrons. The molecule has 0 amide bonds. The van der Waals surface area contributed by atoms with E-state index in [-0.39, 0.29) is 12.2 Å². The van der Waals surface area contributed by atoms with Crippen LogP contribution in [0.25, 0.3) is 0 Å². The fourth-order valence-corrected chi connectivity index (χ4v) is 1.27. The van der Waals surface area contributed by atoms with E-state index in [9.17, 15) is 0 Å². The zero-order valence-corrected chi connectivity index (χ0v) is 9.03. The molecular formula is C10H20O4. The van der Waals surface area contributed by atoms with Gasteiger partial charge in [-0.3, -0.25) is 0 Å².